The molecular weight excluding hydrogens is 267 g/mol. The van der Waals surface area contributed by atoms with Gasteiger partial charge in [-0.05, 0) is 19.3 Å². The number of hydrogen-bond donors (Lipinski definition) is 1. The van der Waals surface area contributed by atoms with Crippen LogP contribution in [0.1, 0.15) is 103 Å². The molecule has 0 amide bonds. The van der Waals surface area contributed by atoms with E-state index in [2.05, 4.69) is 6.92 Å². The van der Waals surface area contributed by atoms with Crippen LogP contribution in [0.15, 0.2) is 0 Å². The van der Waals surface area contributed by atoms with Crippen molar-refractivity contribution in [2.24, 2.45) is 0 Å². The van der Waals surface area contributed by atoms with Crippen molar-refractivity contribution in [1.82, 2.24) is 0 Å². The zero-order valence-electron chi connectivity index (χ0n) is 13.9. The number of carboxylic acid groups (broad SMARTS) is 1. The molecule has 0 spiro atoms. The monoisotopic (exact) mass is 302 g/mol. The van der Waals surface area contributed by atoms with Crippen LogP contribution in [0.2, 0.25) is 0 Å². The molecule has 0 aromatic rings. The highest BCUT2D eigenvalue weighted by Crippen LogP contribution is 2.16. The first-order valence-electron chi connectivity index (χ1n) is 9.02. The van der Waals surface area contributed by atoms with Crippen LogP contribution in [0, 0.1) is 0 Å². The Labute approximate surface area is 130 Å². The van der Waals surface area contributed by atoms with Gasteiger partial charge in [0.15, 0.2) is 0 Å². The smallest absolute Gasteiger partial charge is 0.303 e. The van der Waals surface area contributed by atoms with Crippen molar-refractivity contribution in [2.45, 2.75) is 109 Å². The van der Waals surface area contributed by atoms with Gasteiger partial charge in [0.25, 0.3) is 0 Å². The minimum Gasteiger partial charge on any atom is -0.481 e. The fourth-order valence-corrected chi connectivity index (χ4v) is 2.64. The fraction of sp³-hybridized carbons (Fsp3) is 0.944. The predicted molar refractivity (Wildman–Crippen MR) is 87.5 cm³/mol. The third-order valence-corrected chi connectivity index (χ3v) is 4.03. The van der Waals surface area contributed by atoms with Gasteiger partial charge in [0, 0.05) is 6.42 Å². The summed E-state index contributed by atoms with van der Waals surface area (Å²) in [7, 11) is 0. The molecule has 0 aromatic carbocycles. The van der Waals surface area contributed by atoms with Crippen LogP contribution < -0.4 is 0 Å². The van der Waals surface area contributed by atoms with E-state index < -0.39 is 12.1 Å². The van der Waals surface area contributed by atoms with Crippen molar-refractivity contribution < 1.29 is 14.3 Å². The van der Waals surface area contributed by atoms with Crippen LogP contribution in [0.3, 0.4) is 0 Å². The number of carboxylic acids is 1. The van der Waals surface area contributed by atoms with Crippen LogP contribution in [-0.2, 0) is 4.79 Å². The summed E-state index contributed by atoms with van der Waals surface area (Å²) < 4.78 is 13.6. The van der Waals surface area contributed by atoms with Crippen LogP contribution in [0.4, 0.5) is 4.39 Å². The summed E-state index contributed by atoms with van der Waals surface area (Å²) in [4.78, 5) is 10.3. The molecule has 21 heavy (non-hydrogen) atoms. The molecule has 3 heteroatoms. The molecule has 0 rings (SSSR count). The maximum absolute atomic E-state index is 13.6. The van der Waals surface area contributed by atoms with Crippen molar-refractivity contribution in [3.8, 4) is 0 Å². The Morgan fingerprint density at radius 2 is 1.24 bits per heavy atom. The Balaban J connectivity index is 3.16. The molecule has 0 aliphatic carbocycles. The molecule has 0 saturated carbocycles. The molecule has 0 heterocycles. The molecule has 0 saturated heterocycles. The molecule has 0 radical (unpaired) electrons. The minimum atomic E-state index is -0.714. The molecular formula is C18H35FO2. The summed E-state index contributed by atoms with van der Waals surface area (Å²) in [5.41, 5.74) is 0. The zero-order chi connectivity index (χ0) is 15.8. The quantitative estimate of drug-likeness (QED) is 0.341. The molecule has 2 nitrogen and oxygen atoms in total. The van der Waals surface area contributed by atoms with Crippen LogP contribution >= 0.6 is 0 Å². The first-order valence-corrected chi connectivity index (χ1v) is 9.02. The summed E-state index contributed by atoms with van der Waals surface area (Å²) in [5, 5.41) is 8.50. The van der Waals surface area contributed by atoms with E-state index in [4.69, 9.17) is 5.11 Å². The van der Waals surface area contributed by atoms with Crippen LogP contribution in [-0.4, -0.2) is 17.2 Å². The van der Waals surface area contributed by atoms with E-state index in [9.17, 15) is 9.18 Å². The molecule has 0 aliphatic heterocycles. The average Bonchev–Trinajstić information content (AvgIpc) is 2.45. The fourth-order valence-electron chi connectivity index (χ4n) is 2.64. The minimum absolute atomic E-state index is 0.268. The second kappa shape index (κ2) is 15.8. The van der Waals surface area contributed by atoms with E-state index in [0.717, 1.165) is 44.9 Å². The number of halogens is 1. The summed E-state index contributed by atoms with van der Waals surface area (Å²) in [6.45, 7) is 2.22. The Bertz CT molecular complexity index is 231. The second-order valence-corrected chi connectivity index (χ2v) is 6.21. The first-order chi connectivity index (χ1) is 10.2. The number of alkyl halides is 1. The topological polar surface area (TPSA) is 37.3 Å². The van der Waals surface area contributed by atoms with Gasteiger partial charge in [0.05, 0.1) is 0 Å². The summed E-state index contributed by atoms with van der Waals surface area (Å²) in [5.74, 6) is -0.714. The average molecular weight is 302 g/mol. The van der Waals surface area contributed by atoms with Gasteiger partial charge in [-0.1, -0.05) is 77.6 Å². The Kier molecular flexibility index (Phi) is 15.3. The molecule has 1 atom stereocenters. The summed E-state index contributed by atoms with van der Waals surface area (Å²) in [6, 6.07) is 0. The Hall–Kier alpha value is -0.600. The largest absolute Gasteiger partial charge is 0.481 e. The van der Waals surface area contributed by atoms with Crippen LogP contribution in [0.25, 0.3) is 0 Å². The lowest BCUT2D eigenvalue weighted by molar-refractivity contribution is -0.137. The van der Waals surface area contributed by atoms with Gasteiger partial charge in [-0.3, -0.25) is 4.79 Å². The van der Waals surface area contributed by atoms with Crippen molar-refractivity contribution in [3.05, 3.63) is 0 Å². The lowest BCUT2D eigenvalue weighted by Crippen LogP contribution is -2.00. The molecule has 126 valence electrons. The number of rotatable bonds is 16. The molecule has 0 bridgehead atoms. The zero-order valence-corrected chi connectivity index (χ0v) is 13.9. The van der Waals surface area contributed by atoms with E-state index in [1.54, 1.807) is 0 Å². The van der Waals surface area contributed by atoms with Gasteiger partial charge in [0.1, 0.15) is 6.17 Å². The molecule has 1 unspecified atom stereocenters. The maximum Gasteiger partial charge on any atom is 0.303 e. The third-order valence-electron chi connectivity index (χ3n) is 4.03. The summed E-state index contributed by atoms with van der Waals surface area (Å²) in [6.07, 6.45) is 14.5. The maximum atomic E-state index is 13.6. The Morgan fingerprint density at radius 3 is 1.71 bits per heavy atom. The predicted octanol–water partition coefficient (Wildman–Crippen LogP) is 6.28. The van der Waals surface area contributed by atoms with E-state index >= 15 is 0 Å². The first kappa shape index (κ1) is 20.4. The number of unbranched alkanes of at least 4 members (excludes halogenated alkanes) is 10. The third kappa shape index (κ3) is 17.3. The molecule has 0 aliphatic rings. The highest BCUT2D eigenvalue weighted by molar-refractivity contribution is 5.66. The van der Waals surface area contributed by atoms with E-state index in [-0.39, 0.29) is 6.42 Å². The van der Waals surface area contributed by atoms with Crippen molar-refractivity contribution in [3.63, 3.8) is 0 Å². The number of hydrogen-bond acceptors (Lipinski definition) is 1. The van der Waals surface area contributed by atoms with Crippen molar-refractivity contribution in [1.29, 1.82) is 0 Å². The standard InChI is InChI=1S/C18H35FO2/c1-2-3-4-5-6-8-11-14-17(19)15-12-9-7-10-13-16-18(20)21/h17H,2-16H2,1H3,(H,20,21). The Morgan fingerprint density at radius 1 is 0.810 bits per heavy atom. The van der Waals surface area contributed by atoms with Gasteiger partial charge >= 0.3 is 5.97 Å². The summed E-state index contributed by atoms with van der Waals surface area (Å²) >= 11 is 0. The van der Waals surface area contributed by atoms with Gasteiger partial charge in [0.2, 0.25) is 0 Å². The van der Waals surface area contributed by atoms with E-state index in [1.165, 1.54) is 38.5 Å². The molecule has 0 fully saturated rings. The second-order valence-electron chi connectivity index (χ2n) is 6.21. The van der Waals surface area contributed by atoms with Gasteiger partial charge in [-0.25, -0.2) is 4.39 Å². The molecule has 0 aromatic heterocycles. The van der Waals surface area contributed by atoms with Crippen molar-refractivity contribution in [2.75, 3.05) is 0 Å². The van der Waals surface area contributed by atoms with E-state index in [0.29, 0.717) is 6.42 Å². The van der Waals surface area contributed by atoms with Gasteiger partial charge < -0.3 is 5.11 Å². The number of carbonyl (C=O) groups is 1. The highest BCUT2D eigenvalue weighted by atomic mass is 19.1. The van der Waals surface area contributed by atoms with Crippen LogP contribution in [0.5, 0.6) is 0 Å². The van der Waals surface area contributed by atoms with Gasteiger partial charge in [-0.2, -0.15) is 0 Å². The lowest BCUT2D eigenvalue weighted by Gasteiger charge is -2.08. The SMILES string of the molecule is CCCCCCCCCC(F)CCCCCCCC(=O)O. The van der Waals surface area contributed by atoms with E-state index in [1.807, 2.05) is 0 Å². The van der Waals surface area contributed by atoms with Crippen molar-refractivity contribution >= 4 is 5.97 Å². The molecule has 1 N–H and O–H groups in total. The van der Waals surface area contributed by atoms with Gasteiger partial charge in [-0.15, -0.1) is 0 Å². The highest BCUT2D eigenvalue weighted by Gasteiger charge is 2.05. The number of aliphatic carboxylic acids is 1. The normalized spacial score (nSPS) is 12.5. The lowest BCUT2D eigenvalue weighted by atomic mass is 10.0.